The molecule has 2 heterocycles. The van der Waals surface area contributed by atoms with Crippen molar-refractivity contribution in [3.8, 4) is 5.75 Å². The second-order valence-corrected chi connectivity index (χ2v) is 5.60. The van der Waals surface area contributed by atoms with Gasteiger partial charge in [-0.25, -0.2) is 9.48 Å². The van der Waals surface area contributed by atoms with E-state index in [9.17, 15) is 14.6 Å². The first-order chi connectivity index (χ1) is 12.0. The lowest BCUT2D eigenvalue weighted by Gasteiger charge is -2.28. The van der Waals surface area contributed by atoms with Crippen LogP contribution < -0.4 is 15.7 Å². The third-order valence-corrected chi connectivity index (χ3v) is 3.80. The molecule has 3 rings (SSSR count). The molecule has 25 heavy (non-hydrogen) atoms. The van der Waals surface area contributed by atoms with Crippen molar-refractivity contribution in [2.24, 2.45) is 5.73 Å². The number of fused-ring (bicyclic) bond motifs is 1. The summed E-state index contributed by atoms with van der Waals surface area (Å²) in [4.78, 5) is 23.3. The van der Waals surface area contributed by atoms with Crippen molar-refractivity contribution in [2.45, 2.75) is 25.5 Å². The minimum atomic E-state index is -1.35. The van der Waals surface area contributed by atoms with E-state index in [2.05, 4.69) is 15.6 Å². The van der Waals surface area contributed by atoms with Gasteiger partial charge in [-0.15, -0.1) is 5.10 Å². The number of hydrogen-bond acceptors (Lipinski definition) is 7. The molecule has 5 N–H and O–H groups in total. The van der Waals surface area contributed by atoms with Crippen LogP contribution in [0.4, 0.5) is 0 Å². The summed E-state index contributed by atoms with van der Waals surface area (Å²) < 4.78 is 6.66. The van der Waals surface area contributed by atoms with Crippen LogP contribution in [0.3, 0.4) is 0 Å². The molecule has 1 amide bonds. The molecule has 0 saturated carbocycles. The summed E-state index contributed by atoms with van der Waals surface area (Å²) in [6.45, 7) is 0.137. The maximum absolute atomic E-state index is 12.1. The standard InChI is InChI=1S/C14H16BN5O5/c16-5-9-6-20(19-18-9)7-12(21)17-11-4-8-2-1-3-10(14(22)23)13(8)25-15(11)24/h1-3,6,11,24H,4-5,7,16H2,(H,17,21)(H,22,23). The van der Waals surface area contributed by atoms with Crippen LogP contribution in [-0.2, 0) is 24.3 Å². The lowest BCUT2D eigenvalue weighted by Crippen LogP contribution is -2.53. The smallest absolute Gasteiger partial charge is 0.534 e. The lowest BCUT2D eigenvalue weighted by molar-refractivity contribution is -0.122. The Morgan fingerprint density at radius 2 is 2.28 bits per heavy atom. The van der Waals surface area contributed by atoms with Crippen LogP contribution in [-0.4, -0.2) is 50.1 Å². The maximum atomic E-state index is 12.1. The number of carbonyl (C=O) groups excluding carboxylic acids is 1. The van der Waals surface area contributed by atoms with Gasteiger partial charge in [0.05, 0.1) is 23.4 Å². The number of benzene rings is 1. The molecule has 1 aromatic carbocycles. The van der Waals surface area contributed by atoms with E-state index < -0.39 is 19.0 Å². The van der Waals surface area contributed by atoms with Gasteiger partial charge in [-0.3, -0.25) is 4.79 Å². The Morgan fingerprint density at radius 3 is 2.96 bits per heavy atom. The summed E-state index contributed by atoms with van der Waals surface area (Å²) in [7, 11) is -1.35. The molecule has 10 nitrogen and oxygen atoms in total. The van der Waals surface area contributed by atoms with Crippen LogP contribution in [0, 0.1) is 0 Å². The first kappa shape index (κ1) is 16.9. The molecule has 0 aliphatic carbocycles. The number of para-hydroxylation sites is 1. The number of amides is 1. The fourth-order valence-corrected chi connectivity index (χ4v) is 2.63. The van der Waals surface area contributed by atoms with Crippen molar-refractivity contribution in [1.29, 1.82) is 0 Å². The zero-order chi connectivity index (χ0) is 18.0. The minimum absolute atomic E-state index is 0.0294. The lowest BCUT2D eigenvalue weighted by atomic mass is 9.72. The molecule has 0 bridgehead atoms. The topological polar surface area (TPSA) is 153 Å². The van der Waals surface area contributed by atoms with Gasteiger partial charge in [0.1, 0.15) is 12.3 Å². The van der Waals surface area contributed by atoms with Crippen molar-refractivity contribution in [2.75, 3.05) is 0 Å². The summed E-state index contributed by atoms with van der Waals surface area (Å²) in [6.07, 6.45) is 1.80. The molecule has 1 unspecified atom stereocenters. The van der Waals surface area contributed by atoms with E-state index in [-0.39, 0.29) is 36.7 Å². The summed E-state index contributed by atoms with van der Waals surface area (Å²) in [5.41, 5.74) is 6.56. The number of nitrogens with one attached hydrogen (secondary N) is 1. The van der Waals surface area contributed by atoms with E-state index in [0.717, 1.165) is 0 Å². The third kappa shape index (κ3) is 3.62. The number of hydrogen-bond donors (Lipinski definition) is 4. The average molecular weight is 345 g/mol. The van der Waals surface area contributed by atoms with Gasteiger partial charge in [-0.1, -0.05) is 17.3 Å². The fraction of sp³-hybridized carbons (Fsp3) is 0.286. The normalized spacial score (nSPS) is 16.1. The Balaban J connectivity index is 1.68. The Morgan fingerprint density at radius 1 is 1.48 bits per heavy atom. The number of aromatic carboxylic acids is 1. The number of carboxylic acid groups (broad SMARTS) is 1. The van der Waals surface area contributed by atoms with Crippen LogP contribution in [0.15, 0.2) is 24.4 Å². The largest absolute Gasteiger partial charge is 0.547 e. The van der Waals surface area contributed by atoms with Gasteiger partial charge in [-0.2, -0.15) is 0 Å². The summed E-state index contributed by atoms with van der Waals surface area (Å²) in [6, 6.07) is 4.68. The first-order valence-electron chi connectivity index (χ1n) is 7.56. The Kier molecular flexibility index (Phi) is 4.68. The van der Waals surface area contributed by atoms with Crippen molar-refractivity contribution in [3.63, 3.8) is 0 Å². The third-order valence-electron chi connectivity index (χ3n) is 3.80. The summed E-state index contributed by atoms with van der Waals surface area (Å²) in [5.74, 6) is -2.12. The highest BCUT2D eigenvalue weighted by Crippen LogP contribution is 2.30. The van der Waals surface area contributed by atoms with Crippen LogP contribution >= 0.6 is 0 Å². The van der Waals surface area contributed by atoms with Gasteiger partial charge in [-0.05, 0) is 18.1 Å². The molecule has 2 aromatic rings. The molecule has 130 valence electrons. The van der Waals surface area contributed by atoms with Crippen molar-refractivity contribution < 1.29 is 24.4 Å². The molecule has 1 aromatic heterocycles. The van der Waals surface area contributed by atoms with Crippen molar-refractivity contribution >= 4 is 19.0 Å². The molecule has 0 saturated heterocycles. The van der Waals surface area contributed by atoms with E-state index in [1.54, 1.807) is 18.3 Å². The highest BCUT2D eigenvalue weighted by atomic mass is 16.5. The van der Waals surface area contributed by atoms with Crippen molar-refractivity contribution in [1.82, 2.24) is 20.3 Å². The maximum Gasteiger partial charge on any atom is 0.547 e. The number of carboxylic acids is 1. The second-order valence-electron chi connectivity index (χ2n) is 5.60. The van der Waals surface area contributed by atoms with Gasteiger partial charge < -0.3 is 25.8 Å². The molecule has 1 atom stereocenters. The number of carbonyl (C=O) groups is 2. The highest BCUT2D eigenvalue weighted by molar-refractivity contribution is 6.47. The average Bonchev–Trinajstić information content (AvgIpc) is 3.02. The summed E-state index contributed by atoms with van der Waals surface area (Å²) >= 11 is 0. The zero-order valence-corrected chi connectivity index (χ0v) is 13.1. The van der Waals surface area contributed by atoms with Gasteiger partial charge in [0.25, 0.3) is 0 Å². The van der Waals surface area contributed by atoms with E-state index >= 15 is 0 Å². The molecule has 1 aliphatic heterocycles. The van der Waals surface area contributed by atoms with E-state index in [4.69, 9.17) is 15.5 Å². The van der Waals surface area contributed by atoms with E-state index in [0.29, 0.717) is 11.3 Å². The zero-order valence-electron chi connectivity index (χ0n) is 13.1. The molecular weight excluding hydrogens is 329 g/mol. The minimum Gasteiger partial charge on any atom is -0.534 e. The quantitative estimate of drug-likeness (QED) is 0.482. The Hall–Kier alpha value is -2.92. The number of nitrogens with two attached hydrogens (primary N) is 1. The van der Waals surface area contributed by atoms with Gasteiger partial charge in [0.2, 0.25) is 5.91 Å². The number of aromatic nitrogens is 3. The van der Waals surface area contributed by atoms with Gasteiger partial charge in [0, 0.05) is 6.54 Å². The molecule has 0 fully saturated rings. The van der Waals surface area contributed by atoms with E-state index in [1.807, 2.05) is 0 Å². The fourth-order valence-electron chi connectivity index (χ4n) is 2.63. The van der Waals surface area contributed by atoms with Crippen LogP contribution in [0.25, 0.3) is 0 Å². The molecule has 0 spiro atoms. The molecular formula is C14H16BN5O5. The molecule has 0 radical (unpaired) electrons. The molecule has 1 aliphatic rings. The Bertz CT molecular complexity index is 811. The van der Waals surface area contributed by atoms with Crippen LogP contribution in [0.2, 0.25) is 0 Å². The predicted octanol–water partition coefficient (Wildman–Crippen LogP) is -1.43. The highest BCUT2D eigenvalue weighted by Gasteiger charge is 2.37. The van der Waals surface area contributed by atoms with E-state index in [1.165, 1.54) is 10.7 Å². The Labute approximate surface area is 142 Å². The monoisotopic (exact) mass is 345 g/mol. The van der Waals surface area contributed by atoms with Crippen molar-refractivity contribution in [3.05, 3.63) is 41.2 Å². The van der Waals surface area contributed by atoms with Crippen LogP contribution in [0.1, 0.15) is 21.6 Å². The first-order valence-corrected chi connectivity index (χ1v) is 7.56. The predicted molar refractivity (Wildman–Crippen MR) is 85.6 cm³/mol. The number of nitrogens with zero attached hydrogens (tertiary/aromatic N) is 3. The summed E-state index contributed by atoms with van der Waals surface area (Å²) in [5, 5.41) is 29.5. The van der Waals surface area contributed by atoms with Gasteiger partial charge in [0.15, 0.2) is 0 Å². The van der Waals surface area contributed by atoms with Gasteiger partial charge >= 0.3 is 13.1 Å². The second kappa shape index (κ2) is 6.91. The molecule has 11 heteroatoms. The van der Waals surface area contributed by atoms with Crippen LogP contribution in [0.5, 0.6) is 5.75 Å². The number of rotatable bonds is 5. The SMILES string of the molecule is NCc1cn(CC(=O)NC2Cc3cccc(C(=O)O)c3OB2O)nn1.